The zero-order valence-corrected chi connectivity index (χ0v) is 9.98. The monoisotopic (exact) mass is 255 g/mol. The molecule has 0 aliphatic rings. The van der Waals surface area contributed by atoms with Crippen molar-refractivity contribution in [2.75, 3.05) is 0 Å². The Morgan fingerprint density at radius 3 is 2.47 bits per heavy atom. The average molecular weight is 256 g/mol. The Kier molecular flexibility index (Phi) is 3.52. The molecule has 0 unspecified atom stereocenters. The second kappa shape index (κ2) is 4.88. The number of hydrogen-bond acceptors (Lipinski definition) is 2. The van der Waals surface area contributed by atoms with E-state index in [1.165, 1.54) is 0 Å². The number of pyridine rings is 1. The van der Waals surface area contributed by atoms with Crippen LogP contribution in [0.5, 0.6) is 0 Å². The molecular formula is C11H7Cl2NS. The van der Waals surface area contributed by atoms with Gasteiger partial charge < -0.3 is 0 Å². The number of aromatic nitrogens is 1. The molecule has 0 aliphatic heterocycles. The van der Waals surface area contributed by atoms with Crippen molar-refractivity contribution in [3.05, 3.63) is 52.8 Å². The Morgan fingerprint density at radius 1 is 1.00 bits per heavy atom. The van der Waals surface area contributed by atoms with Crippen molar-refractivity contribution in [2.45, 2.75) is 9.79 Å². The predicted octanol–water partition coefficient (Wildman–Crippen LogP) is 4.54. The number of benzene rings is 1. The molecule has 0 amide bonds. The molecule has 0 atom stereocenters. The smallest absolute Gasteiger partial charge is 0.148 e. The second-order valence-corrected chi connectivity index (χ2v) is 4.68. The van der Waals surface area contributed by atoms with Crippen molar-refractivity contribution in [2.24, 2.45) is 0 Å². The summed E-state index contributed by atoms with van der Waals surface area (Å²) in [6.07, 6.45) is 1.65. The van der Waals surface area contributed by atoms with E-state index in [1.807, 2.05) is 36.4 Å². The quantitative estimate of drug-likeness (QED) is 0.731. The summed E-state index contributed by atoms with van der Waals surface area (Å²) in [6.45, 7) is 0. The summed E-state index contributed by atoms with van der Waals surface area (Å²) < 4.78 is 0. The largest absolute Gasteiger partial charge is 0.243 e. The van der Waals surface area contributed by atoms with Gasteiger partial charge in [-0.2, -0.15) is 0 Å². The molecule has 0 bridgehead atoms. The van der Waals surface area contributed by atoms with Crippen LogP contribution in [0, 0.1) is 0 Å². The summed E-state index contributed by atoms with van der Waals surface area (Å²) in [5.74, 6) is 0. The zero-order valence-electron chi connectivity index (χ0n) is 7.65. The van der Waals surface area contributed by atoms with E-state index in [4.69, 9.17) is 23.2 Å². The Morgan fingerprint density at radius 2 is 1.73 bits per heavy atom. The summed E-state index contributed by atoms with van der Waals surface area (Å²) in [5, 5.41) is 0.852. The van der Waals surface area contributed by atoms with Gasteiger partial charge in [-0.1, -0.05) is 53.2 Å². The van der Waals surface area contributed by atoms with E-state index in [2.05, 4.69) is 4.98 Å². The minimum Gasteiger partial charge on any atom is -0.243 e. The Bertz CT molecular complexity index is 459. The summed E-state index contributed by atoms with van der Waals surface area (Å²) >= 11 is 13.4. The molecule has 0 saturated heterocycles. The lowest BCUT2D eigenvalue weighted by molar-refractivity contribution is 1.26. The maximum Gasteiger partial charge on any atom is 0.148 e. The molecule has 0 saturated carbocycles. The van der Waals surface area contributed by atoms with Gasteiger partial charge in [-0.15, -0.1) is 0 Å². The second-order valence-electron chi connectivity index (χ2n) is 2.83. The Labute approximate surface area is 102 Å². The highest BCUT2D eigenvalue weighted by Gasteiger charge is 2.06. The Balaban J connectivity index is 2.29. The maximum absolute atomic E-state index is 6.03. The molecule has 0 aliphatic carbocycles. The minimum absolute atomic E-state index is 0.345. The fraction of sp³-hybridized carbons (Fsp3) is 0. The van der Waals surface area contributed by atoms with Crippen LogP contribution in [0.2, 0.25) is 10.2 Å². The van der Waals surface area contributed by atoms with Crippen molar-refractivity contribution in [3.63, 3.8) is 0 Å². The van der Waals surface area contributed by atoms with Crippen LogP contribution in [-0.2, 0) is 0 Å². The molecule has 4 heteroatoms. The molecule has 76 valence electrons. The predicted molar refractivity (Wildman–Crippen MR) is 64.8 cm³/mol. The van der Waals surface area contributed by atoms with Crippen LogP contribution >= 0.6 is 35.0 Å². The standard InChI is InChI=1S/C11H7Cl2NS/c12-10-9(6-7-14-11(10)13)15-8-4-2-1-3-5-8/h1-7H. The maximum atomic E-state index is 6.03. The first-order valence-electron chi connectivity index (χ1n) is 4.30. The van der Waals surface area contributed by atoms with Crippen LogP contribution in [0.4, 0.5) is 0 Å². The molecule has 0 spiro atoms. The number of halogens is 2. The van der Waals surface area contributed by atoms with E-state index >= 15 is 0 Å². The molecule has 0 N–H and O–H groups in total. The van der Waals surface area contributed by atoms with Crippen LogP contribution in [0.1, 0.15) is 0 Å². The van der Waals surface area contributed by atoms with Crippen LogP contribution < -0.4 is 0 Å². The highest BCUT2D eigenvalue weighted by molar-refractivity contribution is 7.99. The number of hydrogen-bond donors (Lipinski definition) is 0. The fourth-order valence-electron chi connectivity index (χ4n) is 1.10. The normalized spacial score (nSPS) is 10.3. The van der Waals surface area contributed by atoms with Crippen LogP contribution in [0.25, 0.3) is 0 Å². The first-order valence-corrected chi connectivity index (χ1v) is 5.87. The number of nitrogens with zero attached hydrogens (tertiary/aromatic N) is 1. The lowest BCUT2D eigenvalue weighted by Gasteiger charge is -2.04. The van der Waals surface area contributed by atoms with Crippen molar-refractivity contribution in [3.8, 4) is 0 Å². The molecule has 15 heavy (non-hydrogen) atoms. The minimum atomic E-state index is 0.345. The molecular weight excluding hydrogens is 249 g/mol. The molecule has 1 heterocycles. The zero-order chi connectivity index (χ0) is 10.7. The van der Waals surface area contributed by atoms with Gasteiger partial charge in [-0.25, -0.2) is 4.98 Å². The van der Waals surface area contributed by atoms with Gasteiger partial charge in [0.25, 0.3) is 0 Å². The van der Waals surface area contributed by atoms with Crippen LogP contribution in [-0.4, -0.2) is 4.98 Å². The average Bonchev–Trinajstić information content (AvgIpc) is 2.26. The molecule has 2 aromatic rings. The molecule has 2 rings (SSSR count). The molecule has 1 nitrogen and oxygen atoms in total. The third-order valence-electron chi connectivity index (χ3n) is 1.78. The van der Waals surface area contributed by atoms with Gasteiger partial charge in [0.1, 0.15) is 5.15 Å². The SMILES string of the molecule is Clc1nccc(Sc2ccccc2)c1Cl. The first kappa shape index (κ1) is 10.8. The summed E-state index contributed by atoms with van der Waals surface area (Å²) in [6, 6.07) is 11.8. The van der Waals surface area contributed by atoms with E-state index in [1.54, 1.807) is 18.0 Å². The van der Waals surface area contributed by atoms with Gasteiger partial charge in [-0.05, 0) is 18.2 Å². The Hall–Kier alpha value is -0.700. The summed E-state index contributed by atoms with van der Waals surface area (Å²) in [5.41, 5.74) is 0. The van der Waals surface area contributed by atoms with Gasteiger partial charge >= 0.3 is 0 Å². The van der Waals surface area contributed by atoms with E-state index in [9.17, 15) is 0 Å². The molecule has 1 aromatic carbocycles. The van der Waals surface area contributed by atoms with Crippen molar-refractivity contribution in [1.29, 1.82) is 0 Å². The molecule has 1 aromatic heterocycles. The van der Waals surface area contributed by atoms with Gasteiger partial charge in [0, 0.05) is 16.0 Å². The molecule has 0 radical (unpaired) electrons. The number of rotatable bonds is 2. The lowest BCUT2D eigenvalue weighted by atomic mass is 10.4. The summed E-state index contributed by atoms with van der Waals surface area (Å²) in [4.78, 5) is 5.95. The topological polar surface area (TPSA) is 12.9 Å². The van der Waals surface area contributed by atoms with Crippen molar-refractivity contribution >= 4 is 35.0 Å². The van der Waals surface area contributed by atoms with Crippen molar-refractivity contribution in [1.82, 2.24) is 4.98 Å². The van der Waals surface area contributed by atoms with Crippen LogP contribution in [0.15, 0.2) is 52.4 Å². The van der Waals surface area contributed by atoms with Gasteiger partial charge in [-0.3, -0.25) is 0 Å². The van der Waals surface area contributed by atoms with E-state index in [0.29, 0.717) is 10.2 Å². The van der Waals surface area contributed by atoms with Gasteiger partial charge in [0.05, 0.1) is 5.02 Å². The van der Waals surface area contributed by atoms with Gasteiger partial charge in [0.2, 0.25) is 0 Å². The third-order valence-corrected chi connectivity index (χ3v) is 3.73. The van der Waals surface area contributed by atoms with Crippen LogP contribution in [0.3, 0.4) is 0 Å². The first-order chi connectivity index (χ1) is 7.27. The lowest BCUT2D eigenvalue weighted by Crippen LogP contribution is -1.80. The fourth-order valence-corrected chi connectivity index (χ4v) is 2.40. The highest BCUT2D eigenvalue weighted by atomic mass is 35.5. The van der Waals surface area contributed by atoms with Crippen molar-refractivity contribution < 1.29 is 0 Å². The highest BCUT2D eigenvalue weighted by Crippen LogP contribution is 2.35. The van der Waals surface area contributed by atoms with E-state index < -0.39 is 0 Å². The third kappa shape index (κ3) is 2.65. The van der Waals surface area contributed by atoms with E-state index in [-0.39, 0.29) is 0 Å². The van der Waals surface area contributed by atoms with E-state index in [0.717, 1.165) is 9.79 Å². The van der Waals surface area contributed by atoms with Gasteiger partial charge in [0.15, 0.2) is 0 Å². The molecule has 0 fully saturated rings. The summed E-state index contributed by atoms with van der Waals surface area (Å²) in [7, 11) is 0.